The lowest BCUT2D eigenvalue weighted by Gasteiger charge is -2.28. The van der Waals surface area contributed by atoms with Gasteiger partial charge in [-0.15, -0.1) is 11.3 Å². The highest BCUT2D eigenvalue weighted by Gasteiger charge is 2.35. The van der Waals surface area contributed by atoms with Gasteiger partial charge in [0.2, 0.25) is 0 Å². The smallest absolute Gasteiger partial charge is 0.270 e. The Labute approximate surface area is 165 Å². The first-order valence-electron chi connectivity index (χ1n) is 9.13. The number of carbonyl (C=O) groups excluding carboxylic acids is 2. The highest BCUT2D eigenvalue weighted by atomic mass is 32.1. The normalized spacial score (nSPS) is 15.6. The molecule has 0 aromatic carbocycles. The molecule has 0 spiro atoms. The number of thiophene rings is 1. The zero-order valence-electron chi connectivity index (χ0n) is 16.3. The average molecular weight is 398 g/mol. The van der Waals surface area contributed by atoms with Crippen molar-refractivity contribution in [3.63, 3.8) is 0 Å². The third-order valence-corrected chi connectivity index (χ3v) is 6.11. The molecular weight excluding hydrogens is 376 g/mol. The number of aromatic amines is 2. The van der Waals surface area contributed by atoms with E-state index in [2.05, 4.69) is 28.8 Å². The van der Waals surface area contributed by atoms with E-state index in [1.807, 2.05) is 12.3 Å². The van der Waals surface area contributed by atoms with Gasteiger partial charge in [-0.05, 0) is 35.8 Å². The number of H-pyrrole nitrogens is 2. The summed E-state index contributed by atoms with van der Waals surface area (Å²) >= 11 is 1.34. The van der Waals surface area contributed by atoms with E-state index in [-0.39, 0.29) is 29.2 Å². The SMILES string of the molecule is Cc1c(C(=O)N(C)Cc2nc3ccsc3c(=O)[nH]2)[nH]c2c1C(=O)CC(C)(C)C2. The van der Waals surface area contributed by atoms with Gasteiger partial charge in [0, 0.05) is 24.7 Å². The number of hydrogen-bond donors (Lipinski definition) is 2. The number of carbonyl (C=O) groups is 2. The van der Waals surface area contributed by atoms with Crippen molar-refractivity contribution >= 4 is 33.2 Å². The fraction of sp³-hybridized carbons (Fsp3) is 0.400. The first kappa shape index (κ1) is 18.6. The highest BCUT2D eigenvalue weighted by molar-refractivity contribution is 7.17. The molecule has 0 radical (unpaired) electrons. The maximum atomic E-state index is 13.0. The topological polar surface area (TPSA) is 98.9 Å². The van der Waals surface area contributed by atoms with Gasteiger partial charge >= 0.3 is 0 Å². The van der Waals surface area contributed by atoms with Crippen molar-refractivity contribution in [2.75, 3.05) is 7.05 Å². The van der Waals surface area contributed by atoms with Crippen LogP contribution < -0.4 is 5.56 Å². The van der Waals surface area contributed by atoms with E-state index in [4.69, 9.17) is 0 Å². The summed E-state index contributed by atoms with van der Waals surface area (Å²) in [6.45, 7) is 6.09. The van der Waals surface area contributed by atoms with Gasteiger partial charge in [-0.1, -0.05) is 13.8 Å². The summed E-state index contributed by atoms with van der Waals surface area (Å²) in [4.78, 5) is 49.6. The molecule has 0 saturated heterocycles. The number of ketones is 1. The number of Topliss-reactive ketones (excluding diaryl/α,β-unsaturated/α-hetero) is 1. The van der Waals surface area contributed by atoms with Crippen LogP contribution in [0.2, 0.25) is 0 Å². The number of nitrogens with one attached hydrogen (secondary N) is 2. The second kappa shape index (κ2) is 6.41. The van der Waals surface area contributed by atoms with Gasteiger partial charge < -0.3 is 14.9 Å². The van der Waals surface area contributed by atoms with Crippen molar-refractivity contribution < 1.29 is 9.59 Å². The molecular formula is C20H22N4O3S. The van der Waals surface area contributed by atoms with Gasteiger partial charge in [0.15, 0.2) is 5.78 Å². The summed E-state index contributed by atoms with van der Waals surface area (Å²) in [7, 11) is 1.66. The maximum Gasteiger partial charge on any atom is 0.270 e. The molecule has 1 aliphatic rings. The Kier molecular flexibility index (Phi) is 4.26. The number of hydrogen-bond acceptors (Lipinski definition) is 5. The van der Waals surface area contributed by atoms with Gasteiger partial charge in [-0.25, -0.2) is 4.98 Å². The molecule has 0 saturated carbocycles. The second-order valence-corrected chi connectivity index (χ2v) is 9.14. The summed E-state index contributed by atoms with van der Waals surface area (Å²) in [5.74, 6) is 0.277. The van der Waals surface area contributed by atoms with Gasteiger partial charge in [-0.3, -0.25) is 14.4 Å². The number of fused-ring (bicyclic) bond motifs is 2. The quantitative estimate of drug-likeness (QED) is 0.708. The Morgan fingerprint density at radius 1 is 1.29 bits per heavy atom. The molecule has 4 rings (SSSR count). The molecule has 28 heavy (non-hydrogen) atoms. The molecule has 7 nitrogen and oxygen atoms in total. The summed E-state index contributed by atoms with van der Waals surface area (Å²) in [5.41, 5.74) is 2.93. The molecule has 0 bridgehead atoms. The molecule has 1 aliphatic carbocycles. The monoisotopic (exact) mass is 398 g/mol. The maximum absolute atomic E-state index is 13.0. The standard InChI is InChI=1S/C20H22N4O3S/c1-10-15-12(7-20(2,3)8-13(15)25)22-16(10)19(27)24(4)9-14-21-11-5-6-28-17(11)18(26)23-14/h5-6,22H,7-9H2,1-4H3,(H,21,23,26). The third kappa shape index (κ3) is 3.07. The van der Waals surface area contributed by atoms with Crippen LogP contribution in [0.25, 0.3) is 10.2 Å². The summed E-state index contributed by atoms with van der Waals surface area (Å²) in [6.07, 6.45) is 1.21. The highest BCUT2D eigenvalue weighted by Crippen LogP contribution is 2.36. The lowest BCUT2D eigenvalue weighted by atomic mass is 9.75. The molecule has 3 aromatic rings. The van der Waals surface area contributed by atoms with E-state index in [9.17, 15) is 14.4 Å². The molecule has 8 heteroatoms. The number of aromatic nitrogens is 3. The molecule has 146 valence electrons. The summed E-state index contributed by atoms with van der Waals surface area (Å²) in [6, 6.07) is 1.79. The predicted molar refractivity (Wildman–Crippen MR) is 108 cm³/mol. The molecule has 0 unspecified atom stereocenters. The third-order valence-electron chi connectivity index (χ3n) is 5.21. The van der Waals surface area contributed by atoms with E-state index < -0.39 is 0 Å². The largest absolute Gasteiger partial charge is 0.354 e. The fourth-order valence-corrected chi connectivity index (χ4v) is 4.66. The molecule has 2 N–H and O–H groups in total. The van der Waals surface area contributed by atoms with Crippen LogP contribution in [0.1, 0.15) is 58.2 Å². The van der Waals surface area contributed by atoms with Crippen molar-refractivity contribution in [3.05, 3.63) is 50.1 Å². The Morgan fingerprint density at radius 2 is 2.04 bits per heavy atom. The minimum absolute atomic E-state index is 0.0793. The molecule has 3 aromatic heterocycles. The molecule has 0 atom stereocenters. The van der Waals surface area contributed by atoms with E-state index >= 15 is 0 Å². The van der Waals surface area contributed by atoms with Gasteiger partial charge in [0.25, 0.3) is 11.5 Å². The Morgan fingerprint density at radius 3 is 2.79 bits per heavy atom. The van der Waals surface area contributed by atoms with E-state index in [0.29, 0.717) is 39.3 Å². The van der Waals surface area contributed by atoms with Crippen LogP contribution in [-0.4, -0.2) is 38.6 Å². The summed E-state index contributed by atoms with van der Waals surface area (Å²) < 4.78 is 0.576. The van der Waals surface area contributed by atoms with Gasteiger partial charge in [0.05, 0.1) is 12.1 Å². The van der Waals surface area contributed by atoms with Crippen LogP contribution in [0, 0.1) is 12.3 Å². The summed E-state index contributed by atoms with van der Waals surface area (Å²) in [5, 5.41) is 1.82. The number of nitrogens with zero attached hydrogens (tertiary/aromatic N) is 2. The van der Waals surface area contributed by atoms with Crippen LogP contribution in [0.3, 0.4) is 0 Å². The zero-order valence-corrected chi connectivity index (χ0v) is 17.1. The zero-order chi connectivity index (χ0) is 20.2. The van der Waals surface area contributed by atoms with E-state index in [1.54, 1.807) is 13.1 Å². The Hall–Kier alpha value is -2.74. The Balaban J connectivity index is 1.62. The van der Waals surface area contributed by atoms with Crippen LogP contribution in [0.4, 0.5) is 0 Å². The minimum atomic E-state index is -0.231. The number of rotatable bonds is 3. The molecule has 1 amide bonds. The van der Waals surface area contributed by atoms with Crippen molar-refractivity contribution in [1.82, 2.24) is 19.9 Å². The lowest BCUT2D eigenvalue weighted by Crippen LogP contribution is -2.29. The Bertz CT molecular complexity index is 1170. The first-order chi connectivity index (χ1) is 13.2. The molecule has 3 heterocycles. The van der Waals surface area contributed by atoms with E-state index in [1.165, 1.54) is 16.2 Å². The van der Waals surface area contributed by atoms with Crippen molar-refractivity contribution in [1.29, 1.82) is 0 Å². The van der Waals surface area contributed by atoms with Crippen LogP contribution in [0.5, 0.6) is 0 Å². The molecule has 0 fully saturated rings. The molecule has 0 aliphatic heterocycles. The van der Waals surface area contributed by atoms with Crippen LogP contribution >= 0.6 is 11.3 Å². The minimum Gasteiger partial charge on any atom is -0.354 e. The fourth-order valence-electron chi connectivity index (χ4n) is 3.93. The van der Waals surface area contributed by atoms with Crippen molar-refractivity contribution in [2.45, 2.75) is 40.2 Å². The average Bonchev–Trinajstić information content (AvgIpc) is 3.18. The predicted octanol–water partition coefficient (Wildman–Crippen LogP) is 3.05. The van der Waals surface area contributed by atoms with Crippen molar-refractivity contribution in [2.24, 2.45) is 5.41 Å². The van der Waals surface area contributed by atoms with Gasteiger partial charge in [0.1, 0.15) is 16.2 Å². The lowest BCUT2D eigenvalue weighted by molar-refractivity contribution is 0.0775. The number of amides is 1. The van der Waals surface area contributed by atoms with E-state index in [0.717, 1.165) is 12.1 Å². The van der Waals surface area contributed by atoms with Crippen LogP contribution in [-0.2, 0) is 13.0 Å². The second-order valence-electron chi connectivity index (χ2n) is 8.23. The van der Waals surface area contributed by atoms with Gasteiger partial charge in [-0.2, -0.15) is 0 Å². The van der Waals surface area contributed by atoms with Crippen LogP contribution in [0.15, 0.2) is 16.2 Å². The van der Waals surface area contributed by atoms with Crippen molar-refractivity contribution in [3.8, 4) is 0 Å². The first-order valence-corrected chi connectivity index (χ1v) is 10.0.